The van der Waals surface area contributed by atoms with Crippen LogP contribution < -0.4 is 0 Å². The summed E-state index contributed by atoms with van der Waals surface area (Å²) in [6.45, 7) is 2.57. The van der Waals surface area contributed by atoms with Crippen LogP contribution in [0.15, 0.2) is 0 Å². The van der Waals surface area contributed by atoms with Crippen LogP contribution in [-0.4, -0.2) is 31.3 Å². The molecule has 2 rings (SSSR count). The first-order chi connectivity index (χ1) is 10.2. The van der Waals surface area contributed by atoms with Crippen LogP contribution in [-0.2, 0) is 17.8 Å². The van der Waals surface area contributed by atoms with Gasteiger partial charge in [-0.25, -0.2) is 4.68 Å². The van der Waals surface area contributed by atoms with E-state index in [0.29, 0.717) is 6.54 Å². The minimum absolute atomic E-state index is 0.413. The number of carboxylic acid groups (broad SMARTS) is 1. The van der Waals surface area contributed by atoms with Gasteiger partial charge in [0.2, 0.25) is 0 Å². The molecule has 1 N–H and O–H groups in total. The summed E-state index contributed by atoms with van der Waals surface area (Å²) in [4.78, 5) is 11.8. The Balaban J connectivity index is 2.10. The van der Waals surface area contributed by atoms with E-state index >= 15 is 0 Å². The number of hydrogen-bond acceptors (Lipinski definition) is 4. The predicted molar refractivity (Wildman–Crippen MR) is 78.8 cm³/mol. The van der Waals surface area contributed by atoms with Crippen LogP contribution in [0.1, 0.15) is 70.5 Å². The first-order valence-electron chi connectivity index (χ1n) is 8.16. The molecule has 0 spiro atoms. The van der Waals surface area contributed by atoms with E-state index in [1.807, 2.05) is 0 Å². The molecule has 6 heteroatoms. The van der Waals surface area contributed by atoms with Gasteiger partial charge in [-0.05, 0) is 29.7 Å². The average molecular weight is 294 g/mol. The molecule has 0 saturated heterocycles. The van der Waals surface area contributed by atoms with Gasteiger partial charge in [-0.15, -0.1) is 5.10 Å². The molecule has 21 heavy (non-hydrogen) atoms. The number of unbranched alkanes of at least 4 members (excludes halogenated alkanes) is 2. The zero-order valence-electron chi connectivity index (χ0n) is 12.9. The third kappa shape index (κ3) is 4.02. The van der Waals surface area contributed by atoms with Gasteiger partial charge in [-0.3, -0.25) is 4.79 Å². The first-order valence-corrected chi connectivity index (χ1v) is 8.16. The molecule has 0 amide bonds. The normalized spacial score (nSPS) is 18.3. The fourth-order valence-electron chi connectivity index (χ4n) is 3.19. The van der Waals surface area contributed by atoms with Gasteiger partial charge in [0.1, 0.15) is 0 Å². The third-order valence-electron chi connectivity index (χ3n) is 4.58. The van der Waals surface area contributed by atoms with E-state index in [4.69, 9.17) is 0 Å². The van der Waals surface area contributed by atoms with Crippen molar-refractivity contribution < 1.29 is 9.90 Å². The lowest BCUT2D eigenvalue weighted by atomic mass is 9.80. The molecule has 1 fully saturated rings. The number of aliphatic carboxylic acids is 1. The molecule has 1 heterocycles. The van der Waals surface area contributed by atoms with Gasteiger partial charge in [0.15, 0.2) is 5.82 Å². The van der Waals surface area contributed by atoms with Gasteiger partial charge >= 0.3 is 5.97 Å². The van der Waals surface area contributed by atoms with E-state index in [-0.39, 0.29) is 0 Å². The topological polar surface area (TPSA) is 80.9 Å². The van der Waals surface area contributed by atoms with Crippen molar-refractivity contribution in [3.8, 4) is 0 Å². The maximum absolute atomic E-state index is 11.8. The second-order valence-corrected chi connectivity index (χ2v) is 6.21. The van der Waals surface area contributed by atoms with Crippen molar-refractivity contribution in [2.45, 2.75) is 77.7 Å². The Hall–Kier alpha value is -1.46. The molecule has 1 aromatic rings. The molecule has 0 radical (unpaired) electrons. The van der Waals surface area contributed by atoms with Gasteiger partial charge in [-0.1, -0.05) is 45.4 Å². The molecule has 1 aliphatic carbocycles. The summed E-state index contributed by atoms with van der Waals surface area (Å²) >= 11 is 0. The number of carboxylic acids is 1. The number of aromatic nitrogens is 4. The predicted octanol–water partition coefficient (Wildman–Crippen LogP) is 2.83. The molecule has 1 saturated carbocycles. The standard InChI is InChI=1S/C15H26N4O2/c1-2-3-6-9-13-16-17-18-19(13)12-15(14(20)21)10-7-4-5-8-11-15/h2-12H2,1H3,(H,20,21). The fourth-order valence-corrected chi connectivity index (χ4v) is 3.19. The van der Waals surface area contributed by atoms with Crippen molar-refractivity contribution in [1.82, 2.24) is 20.2 Å². The molecule has 0 bridgehead atoms. The molecule has 0 atom stereocenters. The van der Waals surface area contributed by atoms with Gasteiger partial charge in [0.05, 0.1) is 12.0 Å². The highest BCUT2D eigenvalue weighted by Gasteiger charge is 2.40. The Kier molecular flexibility index (Phi) is 5.70. The second kappa shape index (κ2) is 7.52. The molecule has 1 aromatic heterocycles. The van der Waals surface area contributed by atoms with E-state index in [2.05, 4.69) is 22.4 Å². The number of tetrazole rings is 1. The summed E-state index contributed by atoms with van der Waals surface area (Å²) in [5.41, 5.74) is -0.689. The zero-order chi connectivity index (χ0) is 15.1. The minimum Gasteiger partial charge on any atom is -0.481 e. The lowest BCUT2D eigenvalue weighted by molar-refractivity contribution is -0.151. The van der Waals surface area contributed by atoms with Crippen molar-refractivity contribution in [3.63, 3.8) is 0 Å². The first kappa shape index (κ1) is 15.9. The second-order valence-electron chi connectivity index (χ2n) is 6.21. The Morgan fingerprint density at radius 3 is 2.57 bits per heavy atom. The van der Waals surface area contributed by atoms with E-state index in [1.165, 1.54) is 0 Å². The van der Waals surface area contributed by atoms with Crippen LogP contribution in [0.3, 0.4) is 0 Å². The molecule has 1 aliphatic rings. The van der Waals surface area contributed by atoms with Gasteiger partial charge in [0.25, 0.3) is 0 Å². The summed E-state index contributed by atoms with van der Waals surface area (Å²) in [5.74, 6) is 0.132. The Morgan fingerprint density at radius 1 is 1.24 bits per heavy atom. The Bertz CT molecular complexity index is 450. The molecule has 118 valence electrons. The Morgan fingerprint density at radius 2 is 1.95 bits per heavy atom. The number of carbonyl (C=O) groups is 1. The summed E-state index contributed by atoms with van der Waals surface area (Å²) in [5, 5.41) is 21.6. The largest absolute Gasteiger partial charge is 0.481 e. The summed E-state index contributed by atoms with van der Waals surface area (Å²) in [7, 11) is 0. The van der Waals surface area contributed by atoms with E-state index in [9.17, 15) is 9.90 Å². The fraction of sp³-hybridized carbons (Fsp3) is 0.867. The highest BCUT2D eigenvalue weighted by Crippen LogP contribution is 2.37. The van der Waals surface area contributed by atoms with Crippen LogP contribution in [0.2, 0.25) is 0 Å². The molecular weight excluding hydrogens is 268 g/mol. The van der Waals surface area contributed by atoms with Crippen LogP contribution in [0.25, 0.3) is 0 Å². The monoisotopic (exact) mass is 294 g/mol. The van der Waals surface area contributed by atoms with Crippen molar-refractivity contribution in [3.05, 3.63) is 5.82 Å². The SMILES string of the molecule is CCCCCc1nnnn1CC1(C(=O)O)CCCCCC1. The van der Waals surface area contributed by atoms with Crippen LogP contribution >= 0.6 is 0 Å². The third-order valence-corrected chi connectivity index (χ3v) is 4.58. The lowest BCUT2D eigenvalue weighted by Crippen LogP contribution is -2.36. The van der Waals surface area contributed by atoms with Crippen molar-refractivity contribution in [2.24, 2.45) is 5.41 Å². The lowest BCUT2D eigenvalue weighted by Gasteiger charge is -2.27. The minimum atomic E-state index is -0.695. The summed E-state index contributed by atoms with van der Waals surface area (Å²) in [6, 6.07) is 0. The van der Waals surface area contributed by atoms with E-state index < -0.39 is 11.4 Å². The summed E-state index contributed by atoms with van der Waals surface area (Å²) < 4.78 is 1.73. The summed E-state index contributed by atoms with van der Waals surface area (Å²) in [6.07, 6.45) is 9.89. The van der Waals surface area contributed by atoms with Crippen LogP contribution in [0, 0.1) is 5.41 Å². The number of rotatable bonds is 7. The van der Waals surface area contributed by atoms with Gasteiger partial charge in [0, 0.05) is 6.42 Å². The number of nitrogens with zero attached hydrogens (tertiary/aromatic N) is 4. The van der Waals surface area contributed by atoms with E-state index in [1.54, 1.807) is 4.68 Å². The molecule has 0 unspecified atom stereocenters. The van der Waals surface area contributed by atoms with Crippen molar-refractivity contribution in [2.75, 3.05) is 0 Å². The van der Waals surface area contributed by atoms with Gasteiger partial charge in [-0.2, -0.15) is 0 Å². The van der Waals surface area contributed by atoms with Crippen molar-refractivity contribution in [1.29, 1.82) is 0 Å². The smallest absolute Gasteiger partial charge is 0.311 e. The van der Waals surface area contributed by atoms with Crippen LogP contribution in [0.5, 0.6) is 0 Å². The van der Waals surface area contributed by atoms with E-state index in [0.717, 1.165) is 70.0 Å². The molecule has 0 aliphatic heterocycles. The molecule has 6 nitrogen and oxygen atoms in total. The van der Waals surface area contributed by atoms with Gasteiger partial charge < -0.3 is 5.11 Å². The Labute approximate surface area is 125 Å². The maximum Gasteiger partial charge on any atom is 0.311 e. The molecule has 0 aromatic carbocycles. The highest BCUT2D eigenvalue weighted by atomic mass is 16.4. The molecular formula is C15H26N4O2. The number of hydrogen-bond donors (Lipinski definition) is 1. The maximum atomic E-state index is 11.8. The number of aryl methyl sites for hydroxylation is 1. The van der Waals surface area contributed by atoms with Crippen molar-refractivity contribution >= 4 is 5.97 Å². The average Bonchev–Trinajstić information content (AvgIpc) is 2.74. The van der Waals surface area contributed by atoms with Crippen LogP contribution in [0.4, 0.5) is 0 Å². The highest BCUT2D eigenvalue weighted by molar-refractivity contribution is 5.74. The zero-order valence-corrected chi connectivity index (χ0v) is 12.9. The quantitative estimate of drug-likeness (QED) is 0.617.